The van der Waals surface area contributed by atoms with Gasteiger partial charge in [0.25, 0.3) is 15.7 Å². The van der Waals surface area contributed by atoms with Gasteiger partial charge in [0.05, 0.1) is 22.6 Å². The quantitative estimate of drug-likeness (QED) is 0.623. The first-order valence-corrected chi connectivity index (χ1v) is 7.67. The Morgan fingerprint density at radius 1 is 1.14 bits per heavy atom. The molecule has 0 atom stereocenters. The van der Waals surface area contributed by atoms with Gasteiger partial charge in [-0.2, -0.15) is 0 Å². The van der Waals surface area contributed by atoms with Crippen LogP contribution in [-0.4, -0.2) is 27.5 Å². The van der Waals surface area contributed by atoms with Crippen molar-refractivity contribution in [2.45, 2.75) is 4.90 Å². The standard InChI is InChI=1S/C14H14N2O5S/c1-15(11-4-3-5-12(10-11)16(17)18)22(19,20)14-8-6-13(21-2)7-9-14/h3-10H,1-2H3. The average Bonchev–Trinajstić information content (AvgIpc) is 2.54. The molecule has 22 heavy (non-hydrogen) atoms. The number of ether oxygens (including phenoxy) is 1. The molecule has 0 aliphatic carbocycles. The summed E-state index contributed by atoms with van der Waals surface area (Å²) >= 11 is 0. The summed E-state index contributed by atoms with van der Waals surface area (Å²) in [6.45, 7) is 0. The summed E-state index contributed by atoms with van der Waals surface area (Å²) in [4.78, 5) is 10.3. The van der Waals surface area contributed by atoms with E-state index in [1.807, 2.05) is 0 Å². The van der Waals surface area contributed by atoms with Crippen LogP contribution in [0.4, 0.5) is 11.4 Å². The molecule has 0 spiro atoms. The first-order valence-electron chi connectivity index (χ1n) is 6.23. The third kappa shape index (κ3) is 3.01. The zero-order valence-electron chi connectivity index (χ0n) is 12.0. The Morgan fingerprint density at radius 2 is 1.77 bits per heavy atom. The van der Waals surface area contributed by atoms with Gasteiger partial charge in [-0.25, -0.2) is 8.42 Å². The van der Waals surface area contributed by atoms with Crippen LogP contribution in [0.25, 0.3) is 0 Å². The van der Waals surface area contributed by atoms with E-state index in [2.05, 4.69) is 0 Å². The minimum absolute atomic E-state index is 0.0716. The average molecular weight is 322 g/mol. The first-order chi connectivity index (χ1) is 10.4. The molecule has 0 heterocycles. The fraction of sp³-hybridized carbons (Fsp3) is 0.143. The smallest absolute Gasteiger partial charge is 0.271 e. The zero-order chi connectivity index (χ0) is 16.3. The lowest BCUT2D eigenvalue weighted by Crippen LogP contribution is -2.26. The Bertz CT molecular complexity index is 787. The van der Waals surface area contributed by atoms with E-state index in [4.69, 9.17) is 4.74 Å². The van der Waals surface area contributed by atoms with Gasteiger partial charge in [0.1, 0.15) is 5.75 Å². The topological polar surface area (TPSA) is 89.8 Å². The summed E-state index contributed by atoms with van der Waals surface area (Å²) < 4.78 is 31.0. The molecular formula is C14H14N2O5S. The van der Waals surface area contributed by atoms with E-state index in [9.17, 15) is 18.5 Å². The third-order valence-corrected chi connectivity index (χ3v) is 4.92. The number of non-ortho nitro benzene ring substituents is 1. The van der Waals surface area contributed by atoms with Gasteiger partial charge >= 0.3 is 0 Å². The number of anilines is 1. The van der Waals surface area contributed by atoms with Crippen LogP contribution in [0.2, 0.25) is 0 Å². The van der Waals surface area contributed by atoms with Crippen LogP contribution in [0.3, 0.4) is 0 Å². The van der Waals surface area contributed by atoms with Crippen molar-refractivity contribution in [1.82, 2.24) is 0 Å². The molecule has 0 unspecified atom stereocenters. The van der Waals surface area contributed by atoms with Gasteiger partial charge in [0.2, 0.25) is 0 Å². The summed E-state index contributed by atoms with van der Waals surface area (Å²) in [5.41, 5.74) is 0.0410. The summed E-state index contributed by atoms with van der Waals surface area (Å²) in [6.07, 6.45) is 0. The molecule has 0 N–H and O–H groups in total. The van der Waals surface area contributed by atoms with Crippen LogP contribution < -0.4 is 9.04 Å². The lowest BCUT2D eigenvalue weighted by molar-refractivity contribution is -0.384. The van der Waals surface area contributed by atoms with Crippen molar-refractivity contribution < 1.29 is 18.1 Å². The minimum atomic E-state index is -3.80. The van der Waals surface area contributed by atoms with Crippen molar-refractivity contribution in [2.75, 3.05) is 18.5 Å². The summed E-state index contributed by atoms with van der Waals surface area (Å²) in [6, 6.07) is 11.4. The number of sulfonamides is 1. The number of methoxy groups -OCH3 is 1. The van der Waals surface area contributed by atoms with Gasteiger partial charge in [0, 0.05) is 19.2 Å². The molecule has 0 radical (unpaired) electrons. The number of hydrogen-bond acceptors (Lipinski definition) is 5. The molecule has 8 heteroatoms. The Morgan fingerprint density at radius 3 is 2.32 bits per heavy atom. The molecule has 0 bridgehead atoms. The highest BCUT2D eigenvalue weighted by Gasteiger charge is 2.22. The second-order valence-corrected chi connectivity index (χ2v) is 6.39. The summed E-state index contributed by atoms with van der Waals surface area (Å²) in [5.74, 6) is 0.539. The van der Waals surface area contributed by atoms with Crippen molar-refractivity contribution >= 4 is 21.4 Å². The zero-order valence-corrected chi connectivity index (χ0v) is 12.8. The summed E-state index contributed by atoms with van der Waals surface area (Å²) in [5, 5.41) is 10.8. The molecule has 0 aliphatic rings. The highest BCUT2D eigenvalue weighted by atomic mass is 32.2. The maximum atomic E-state index is 12.5. The number of nitro benzene ring substituents is 1. The van der Waals surface area contributed by atoms with Crippen LogP contribution >= 0.6 is 0 Å². The number of nitro groups is 1. The van der Waals surface area contributed by atoms with Gasteiger partial charge in [-0.1, -0.05) is 6.07 Å². The first kappa shape index (κ1) is 15.8. The molecular weight excluding hydrogens is 308 g/mol. The van der Waals surface area contributed by atoms with E-state index >= 15 is 0 Å². The van der Waals surface area contributed by atoms with Crippen molar-refractivity contribution in [1.29, 1.82) is 0 Å². The molecule has 0 aliphatic heterocycles. The molecule has 0 saturated heterocycles. The Balaban J connectivity index is 2.39. The molecule has 0 fully saturated rings. The predicted molar refractivity (Wildman–Crippen MR) is 81.7 cm³/mol. The van der Waals surface area contributed by atoms with Crippen molar-refractivity contribution in [3.05, 3.63) is 58.6 Å². The lowest BCUT2D eigenvalue weighted by Gasteiger charge is -2.19. The van der Waals surface area contributed by atoms with Crippen LogP contribution in [0.1, 0.15) is 0 Å². The van der Waals surface area contributed by atoms with E-state index in [1.165, 1.54) is 62.7 Å². The largest absolute Gasteiger partial charge is 0.497 e. The normalized spacial score (nSPS) is 11.0. The second kappa shape index (κ2) is 6.02. The van der Waals surface area contributed by atoms with Gasteiger partial charge in [-0.3, -0.25) is 14.4 Å². The van der Waals surface area contributed by atoms with Crippen LogP contribution in [-0.2, 0) is 10.0 Å². The SMILES string of the molecule is COc1ccc(S(=O)(=O)N(C)c2cccc([N+](=O)[O-])c2)cc1. The summed E-state index contributed by atoms with van der Waals surface area (Å²) in [7, 11) is -0.974. The van der Waals surface area contributed by atoms with Gasteiger partial charge < -0.3 is 4.74 Å². The lowest BCUT2D eigenvalue weighted by atomic mass is 10.3. The fourth-order valence-electron chi connectivity index (χ4n) is 1.85. The molecule has 7 nitrogen and oxygen atoms in total. The van der Waals surface area contributed by atoms with Gasteiger partial charge in [-0.15, -0.1) is 0 Å². The number of nitrogens with zero attached hydrogens (tertiary/aromatic N) is 2. The Hall–Kier alpha value is -2.61. The predicted octanol–water partition coefficient (Wildman–Crippen LogP) is 2.43. The number of benzene rings is 2. The molecule has 2 aromatic carbocycles. The molecule has 2 aromatic rings. The van der Waals surface area contributed by atoms with Gasteiger partial charge in [0.15, 0.2) is 0 Å². The van der Waals surface area contributed by atoms with Crippen molar-refractivity contribution in [3.8, 4) is 5.75 Å². The van der Waals surface area contributed by atoms with E-state index in [0.717, 1.165) is 4.31 Å². The van der Waals surface area contributed by atoms with E-state index in [1.54, 1.807) is 0 Å². The maximum Gasteiger partial charge on any atom is 0.271 e. The number of hydrogen-bond donors (Lipinski definition) is 0. The third-order valence-electron chi connectivity index (χ3n) is 3.12. The molecule has 116 valence electrons. The van der Waals surface area contributed by atoms with Gasteiger partial charge in [-0.05, 0) is 30.3 Å². The molecule has 0 saturated carbocycles. The van der Waals surface area contributed by atoms with Crippen molar-refractivity contribution in [3.63, 3.8) is 0 Å². The van der Waals surface area contributed by atoms with Crippen LogP contribution in [0, 0.1) is 10.1 Å². The Labute approximate surface area is 128 Å². The highest BCUT2D eigenvalue weighted by Crippen LogP contribution is 2.26. The minimum Gasteiger partial charge on any atom is -0.497 e. The second-order valence-electron chi connectivity index (χ2n) is 4.43. The Kier molecular flexibility index (Phi) is 4.32. The molecule has 0 amide bonds. The van der Waals surface area contributed by atoms with Crippen LogP contribution in [0.5, 0.6) is 5.75 Å². The molecule has 2 rings (SSSR count). The highest BCUT2D eigenvalue weighted by molar-refractivity contribution is 7.92. The number of rotatable bonds is 5. The van der Waals surface area contributed by atoms with Crippen LogP contribution in [0.15, 0.2) is 53.4 Å². The van der Waals surface area contributed by atoms with E-state index in [-0.39, 0.29) is 16.3 Å². The maximum absolute atomic E-state index is 12.5. The van der Waals surface area contributed by atoms with E-state index < -0.39 is 14.9 Å². The van der Waals surface area contributed by atoms with Crippen molar-refractivity contribution in [2.24, 2.45) is 0 Å². The molecule has 0 aromatic heterocycles. The van der Waals surface area contributed by atoms with E-state index in [0.29, 0.717) is 5.75 Å². The monoisotopic (exact) mass is 322 g/mol. The fourth-order valence-corrected chi connectivity index (χ4v) is 3.03.